The Morgan fingerprint density at radius 3 is 2.21 bits per heavy atom. The maximum atomic E-state index is 12.6. The number of carbonyl (C=O) groups is 3. The number of nitrogens with one attached hydrogen (secondary N) is 2. The van der Waals surface area contributed by atoms with Gasteiger partial charge in [-0.05, 0) is 34.6 Å². The van der Waals surface area contributed by atoms with Gasteiger partial charge in [0.2, 0.25) is 5.91 Å². The number of hydrogen-bond acceptors (Lipinski definition) is 5. The Hall–Kier alpha value is -3.39. The molecule has 2 aromatic rings. The number of aliphatic carboxylic acids is 1. The van der Waals surface area contributed by atoms with Crippen LogP contribution < -0.4 is 10.6 Å². The monoisotopic (exact) mass is 454 g/mol. The standard InChI is InChI=1S/C25H30N2O6/c1-16(14-32-2)13-26-24(30)22(11-12-23(28)29)27-25(31)33-15-21-19-9-5-3-7-17(19)18-8-4-6-10-20(18)21/h3-10,16,21-22H,11-15H2,1-2H3,(H,26,30)(H,27,31)(H,28,29). The molecule has 0 saturated heterocycles. The molecule has 0 heterocycles. The number of carboxylic acids is 1. The molecule has 0 radical (unpaired) electrons. The third kappa shape index (κ3) is 6.32. The van der Waals surface area contributed by atoms with Crippen LogP contribution in [0.3, 0.4) is 0 Å². The number of methoxy groups -OCH3 is 1. The van der Waals surface area contributed by atoms with Crippen molar-refractivity contribution >= 4 is 18.0 Å². The summed E-state index contributed by atoms with van der Waals surface area (Å²) in [6.45, 7) is 2.84. The molecule has 2 amide bonds. The Balaban J connectivity index is 1.62. The van der Waals surface area contributed by atoms with Crippen LogP contribution in [0, 0.1) is 5.92 Å². The summed E-state index contributed by atoms with van der Waals surface area (Å²) >= 11 is 0. The van der Waals surface area contributed by atoms with Crippen molar-refractivity contribution in [2.45, 2.75) is 31.7 Å². The Kier molecular flexibility index (Phi) is 8.43. The number of fused-ring (bicyclic) bond motifs is 3. The number of alkyl carbamates (subject to hydrolysis) is 1. The molecule has 8 nitrogen and oxygen atoms in total. The number of amides is 2. The lowest BCUT2D eigenvalue weighted by molar-refractivity contribution is -0.137. The minimum absolute atomic E-state index is 0.0377. The van der Waals surface area contributed by atoms with Gasteiger partial charge in [-0.1, -0.05) is 55.5 Å². The van der Waals surface area contributed by atoms with E-state index >= 15 is 0 Å². The highest BCUT2D eigenvalue weighted by Crippen LogP contribution is 2.44. The van der Waals surface area contributed by atoms with Crippen molar-refractivity contribution in [2.75, 3.05) is 26.9 Å². The second kappa shape index (κ2) is 11.5. The molecule has 2 unspecified atom stereocenters. The summed E-state index contributed by atoms with van der Waals surface area (Å²) in [5.41, 5.74) is 4.40. The van der Waals surface area contributed by atoms with Crippen molar-refractivity contribution in [3.63, 3.8) is 0 Å². The second-order valence-corrected chi connectivity index (χ2v) is 8.26. The fraction of sp³-hybridized carbons (Fsp3) is 0.400. The third-order valence-electron chi connectivity index (χ3n) is 5.68. The van der Waals surface area contributed by atoms with Crippen LogP contribution in [0.1, 0.15) is 36.8 Å². The van der Waals surface area contributed by atoms with Gasteiger partial charge in [0.1, 0.15) is 12.6 Å². The molecule has 3 N–H and O–H groups in total. The molecule has 3 rings (SSSR count). The zero-order valence-corrected chi connectivity index (χ0v) is 18.9. The number of ether oxygens (including phenoxy) is 2. The molecule has 0 bridgehead atoms. The highest BCUT2D eigenvalue weighted by molar-refractivity contribution is 5.86. The van der Waals surface area contributed by atoms with E-state index in [1.165, 1.54) is 0 Å². The molecule has 0 saturated carbocycles. The summed E-state index contributed by atoms with van der Waals surface area (Å²) in [6, 6.07) is 15.0. The third-order valence-corrected chi connectivity index (χ3v) is 5.68. The molecule has 1 aliphatic rings. The predicted molar refractivity (Wildman–Crippen MR) is 123 cm³/mol. The lowest BCUT2D eigenvalue weighted by Crippen LogP contribution is -2.48. The van der Waals surface area contributed by atoms with Crippen LogP contribution in [0.5, 0.6) is 0 Å². The Morgan fingerprint density at radius 2 is 1.64 bits per heavy atom. The number of rotatable bonds is 11. The SMILES string of the molecule is COCC(C)CNC(=O)C(CCC(=O)O)NC(=O)OCC1c2ccccc2-c2ccccc21. The van der Waals surface area contributed by atoms with Gasteiger partial charge in [0, 0.05) is 26.0 Å². The second-order valence-electron chi connectivity index (χ2n) is 8.26. The van der Waals surface area contributed by atoms with Gasteiger partial charge in [-0.15, -0.1) is 0 Å². The smallest absolute Gasteiger partial charge is 0.407 e. The summed E-state index contributed by atoms with van der Waals surface area (Å²) in [5.74, 6) is -1.53. The van der Waals surface area contributed by atoms with Gasteiger partial charge >= 0.3 is 12.1 Å². The molecule has 0 spiro atoms. The first-order valence-corrected chi connectivity index (χ1v) is 11.0. The maximum Gasteiger partial charge on any atom is 0.407 e. The summed E-state index contributed by atoms with van der Waals surface area (Å²) in [6.07, 6.45) is -1.05. The van der Waals surface area contributed by atoms with E-state index in [0.717, 1.165) is 22.3 Å². The van der Waals surface area contributed by atoms with Crippen molar-refractivity contribution in [3.05, 3.63) is 59.7 Å². The van der Waals surface area contributed by atoms with Crippen molar-refractivity contribution in [3.8, 4) is 11.1 Å². The molecular formula is C25H30N2O6. The first kappa shape index (κ1) is 24.3. The Morgan fingerprint density at radius 1 is 1.03 bits per heavy atom. The zero-order valence-electron chi connectivity index (χ0n) is 18.9. The van der Waals surface area contributed by atoms with Crippen LogP contribution in [-0.4, -0.2) is 56.0 Å². The van der Waals surface area contributed by atoms with E-state index in [9.17, 15) is 14.4 Å². The zero-order chi connectivity index (χ0) is 23.8. The van der Waals surface area contributed by atoms with Crippen LogP contribution in [0.25, 0.3) is 11.1 Å². The van der Waals surface area contributed by atoms with E-state index in [1.54, 1.807) is 7.11 Å². The van der Waals surface area contributed by atoms with Gasteiger partial charge in [0.05, 0.1) is 6.61 Å². The van der Waals surface area contributed by atoms with Crippen LogP contribution >= 0.6 is 0 Å². The van der Waals surface area contributed by atoms with Crippen molar-refractivity contribution in [1.82, 2.24) is 10.6 Å². The van der Waals surface area contributed by atoms with Crippen molar-refractivity contribution in [2.24, 2.45) is 5.92 Å². The molecule has 0 aromatic heterocycles. The normalized spacial score (nSPS) is 14.0. The minimum atomic E-state index is -1.05. The fourth-order valence-electron chi connectivity index (χ4n) is 4.06. The Labute approximate surface area is 193 Å². The van der Waals surface area contributed by atoms with Gasteiger partial charge in [-0.2, -0.15) is 0 Å². The Bertz CT molecular complexity index is 947. The van der Waals surface area contributed by atoms with Gasteiger partial charge in [0.15, 0.2) is 0 Å². The molecule has 0 aliphatic heterocycles. The van der Waals surface area contributed by atoms with Crippen molar-refractivity contribution < 1.29 is 29.0 Å². The van der Waals surface area contributed by atoms with E-state index in [-0.39, 0.29) is 31.3 Å². The van der Waals surface area contributed by atoms with E-state index in [4.69, 9.17) is 14.6 Å². The predicted octanol–water partition coefficient (Wildman–Crippen LogP) is 3.16. The first-order valence-electron chi connectivity index (χ1n) is 11.0. The molecular weight excluding hydrogens is 424 g/mol. The van der Waals surface area contributed by atoms with E-state index < -0.39 is 24.0 Å². The number of hydrogen-bond donors (Lipinski definition) is 3. The molecule has 2 atom stereocenters. The molecule has 33 heavy (non-hydrogen) atoms. The fourth-order valence-corrected chi connectivity index (χ4v) is 4.06. The number of benzene rings is 2. The van der Waals surface area contributed by atoms with Crippen LogP contribution in [-0.2, 0) is 19.1 Å². The molecule has 1 aliphatic carbocycles. The van der Waals surface area contributed by atoms with E-state index in [0.29, 0.717) is 13.2 Å². The van der Waals surface area contributed by atoms with Gasteiger partial charge in [-0.25, -0.2) is 4.79 Å². The van der Waals surface area contributed by atoms with Gasteiger partial charge in [0.25, 0.3) is 0 Å². The lowest BCUT2D eigenvalue weighted by Gasteiger charge is -2.20. The van der Waals surface area contributed by atoms with E-state index in [2.05, 4.69) is 10.6 Å². The van der Waals surface area contributed by atoms with Crippen LogP contribution in [0.15, 0.2) is 48.5 Å². The van der Waals surface area contributed by atoms with E-state index in [1.807, 2.05) is 55.5 Å². The average Bonchev–Trinajstić information content (AvgIpc) is 3.12. The maximum absolute atomic E-state index is 12.6. The quantitative estimate of drug-likeness (QED) is 0.481. The minimum Gasteiger partial charge on any atom is -0.481 e. The van der Waals surface area contributed by atoms with Crippen molar-refractivity contribution in [1.29, 1.82) is 0 Å². The van der Waals surface area contributed by atoms with Gasteiger partial charge in [-0.3, -0.25) is 9.59 Å². The highest BCUT2D eigenvalue weighted by Gasteiger charge is 2.30. The van der Waals surface area contributed by atoms with Gasteiger partial charge < -0.3 is 25.2 Å². The summed E-state index contributed by atoms with van der Waals surface area (Å²) in [5, 5.41) is 14.3. The molecule has 8 heteroatoms. The number of carbonyl (C=O) groups excluding carboxylic acids is 2. The molecule has 0 fully saturated rings. The highest BCUT2D eigenvalue weighted by atomic mass is 16.5. The molecule has 176 valence electrons. The van der Waals surface area contributed by atoms with Crippen LogP contribution in [0.2, 0.25) is 0 Å². The summed E-state index contributed by atoms with van der Waals surface area (Å²) < 4.78 is 10.5. The summed E-state index contributed by atoms with van der Waals surface area (Å²) in [4.78, 5) is 36.1. The first-order chi connectivity index (χ1) is 15.9. The lowest BCUT2D eigenvalue weighted by atomic mass is 9.98. The average molecular weight is 455 g/mol. The van der Waals surface area contributed by atoms with Crippen LogP contribution in [0.4, 0.5) is 4.79 Å². The molecule has 2 aromatic carbocycles. The topological polar surface area (TPSA) is 114 Å². The summed E-state index contributed by atoms with van der Waals surface area (Å²) in [7, 11) is 1.58. The largest absolute Gasteiger partial charge is 0.481 e. The number of carboxylic acid groups (broad SMARTS) is 1.